The summed E-state index contributed by atoms with van der Waals surface area (Å²) in [5.74, 6) is 0.684. The van der Waals surface area contributed by atoms with Gasteiger partial charge in [0.25, 0.3) is 0 Å². The summed E-state index contributed by atoms with van der Waals surface area (Å²) in [7, 11) is 1.84. The number of halogens is 3. The van der Waals surface area contributed by atoms with Crippen molar-refractivity contribution in [2.75, 3.05) is 11.4 Å². The average molecular weight is 610 g/mol. The minimum absolute atomic E-state index is 0.0521. The maximum absolute atomic E-state index is 14.1. The Morgan fingerprint density at radius 2 is 1.90 bits per heavy atom. The molecule has 0 saturated carbocycles. The van der Waals surface area contributed by atoms with Gasteiger partial charge in [0.05, 0.1) is 11.2 Å². The predicted octanol–water partition coefficient (Wildman–Crippen LogP) is 5.78. The average Bonchev–Trinajstić information content (AvgIpc) is 3.54. The van der Waals surface area contributed by atoms with Gasteiger partial charge >= 0.3 is 6.03 Å². The molecule has 6 rings (SSSR count). The van der Waals surface area contributed by atoms with E-state index >= 15 is 0 Å². The number of nitrogens with zero attached hydrogens (tertiary/aromatic N) is 4. The number of urea groups is 1. The van der Waals surface area contributed by atoms with Crippen molar-refractivity contribution in [2.24, 2.45) is 7.05 Å². The van der Waals surface area contributed by atoms with E-state index < -0.39 is 11.8 Å². The van der Waals surface area contributed by atoms with Gasteiger partial charge < -0.3 is 14.4 Å². The second-order valence-electron chi connectivity index (χ2n) is 10.3. The maximum Gasteiger partial charge on any atom is 0.329 e. The Morgan fingerprint density at radius 3 is 2.69 bits per heavy atom. The number of aromatic hydroxyl groups is 1. The van der Waals surface area contributed by atoms with Gasteiger partial charge in [-0.2, -0.15) is 0 Å². The van der Waals surface area contributed by atoms with E-state index in [4.69, 9.17) is 27.9 Å². The Hall–Kier alpha value is -4.12. The molecule has 2 aliphatic heterocycles. The van der Waals surface area contributed by atoms with E-state index in [1.165, 1.54) is 17.0 Å². The number of carbonyl (C=O) groups is 2. The number of carbonyl (C=O) groups excluding carboxylic acids is 2. The first-order valence-electron chi connectivity index (χ1n) is 13.2. The van der Waals surface area contributed by atoms with E-state index in [2.05, 4.69) is 27.3 Å². The van der Waals surface area contributed by atoms with Gasteiger partial charge in [-0.3, -0.25) is 19.9 Å². The largest absolute Gasteiger partial charge is 0.506 e. The fourth-order valence-corrected chi connectivity index (χ4v) is 5.76. The zero-order chi connectivity index (χ0) is 29.5. The molecular formula is C30H26Cl2FN5O4. The lowest BCUT2D eigenvalue weighted by molar-refractivity contribution is -0.120. The van der Waals surface area contributed by atoms with Crippen molar-refractivity contribution in [1.29, 1.82) is 0 Å². The third kappa shape index (κ3) is 5.29. The Labute approximate surface area is 251 Å². The molecule has 0 atom stereocenters. The summed E-state index contributed by atoms with van der Waals surface area (Å²) in [6.45, 7) is 1.95. The topological polar surface area (TPSA) is 99.9 Å². The van der Waals surface area contributed by atoms with Crippen LogP contribution in [0.25, 0.3) is 11.4 Å². The summed E-state index contributed by atoms with van der Waals surface area (Å²) < 4.78 is 21.6. The van der Waals surface area contributed by atoms with Crippen molar-refractivity contribution in [3.05, 3.63) is 92.8 Å². The first kappa shape index (κ1) is 28.0. The number of imide groups is 1. The van der Waals surface area contributed by atoms with Crippen LogP contribution in [-0.4, -0.2) is 38.0 Å². The number of hydrogen-bond donors (Lipinski definition) is 2. The summed E-state index contributed by atoms with van der Waals surface area (Å²) in [6.07, 6.45) is 1.87. The summed E-state index contributed by atoms with van der Waals surface area (Å²) in [5.41, 5.74) is 4.04. The Balaban J connectivity index is 1.14. The molecule has 0 unspecified atom stereocenters. The van der Waals surface area contributed by atoms with E-state index in [1.54, 1.807) is 24.4 Å². The first-order valence-corrected chi connectivity index (χ1v) is 14.0. The second-order valence-corrected chi connectivity index (χ2v) is 11.0. The molecule has 4 aromatic rings. The number of imidazole rings is 1. The second kappa shape index (κ2) is 11.3. The normalized spacial score (nSPS) is 15.2. The van der Waals surface area contributed by atoms with Gasteiger partial charge in [0, 0.05) is 56.3 Å². The van der Waals surface area contributed by atoms with E-state index in [-0.39, 0.29) is 46.0 Å². The third-order valence-corrected chi connectivity index (χ3v) is 8.26. The van der Waals surface area contributed by atoms with Crippen LogP contribution in [-0.2, 0) is 38.1 Å². The van der Waals surface area contributed by atoms with Crippen LogP contribution in [0.1, 0.15) is 28.7 Å². The van der Waals surface area contributed by atoms with Gasteiger partial charge in [0.1, 0.15) is 40.6 Å². The van der Waals surface area contributed by atoms with Crippen LogP contribution in [0.5, 0.6) is 11.5 Å². The van der Waals surface area contributed by atoms with Crippen LogP contribution in [0.3, 0.4) is 0 Å². The monoisotopic (exact) mass is 609 g/mol. The molecular weight excluding hydrogens is 584 g/mol. The number of amides is 3. The number of benzene rings is 3. The number of aromatic nitrogens is 2. The van der Waals surface area contributed by atoms with Gasteiger partial charge in [-0.25, -0.2) is 14.2 Å². The molecule has 9 nitrogen and oxygen atoms in total. The minimum atomic E-state index is -0.480. The minimum Gasteiger partial charge on any atom is -0.506 e. The van der Waals surface area contributed by atoms with E-state index in [9.17, 15) is 19.1 Å². The lowest BCUT2D eigenvalue weighted by atomic mass is 10.1. The van der Waals surface area contributed by atoms with Crippen LogP contribution in [0.2, 0.25) is 10.0 Å². The quantitative estimate of drug-likeness (QED) is 0.275. The van der Waals surface area contributed by atoms with Crippen LogP contribution in [0.15, 0.2) is 54.7 Å². The Morgan fingerprint density at radius 1 is 1.10 bits per heavy atom. The number of rotatable bonds is 7. The van der Waals surface area contributed by atoms with Crippen LogP contribution < -0.4 is 15.0 Å². The van der Waals surface area contributed by atoms with Crippen molar-refractivity contribution in [3.8, 4) is 22.9 Å². The highest BCUT2D eigenvalue weighted by Crippen LogP contribution is 2.39. The molecule has 0 aliphatic carbocycles. The molecule has 42 heavy (non-hydrogen) atoms. The van der Waals surface area contributed by atoms with Gasteiger partial charge in [0.2, 0.25) is 5.91 Å². The zero-order valence-corrected chi connectivity index (χ0v) is 24.0. The summed E-state index contributed by atoms with van der Waals surface area (Å²) in [5, 5.41) is 13.5. The molecule has 0 radical (unpaired) electrons. The fourth-order valence-electron chi connectivity index (χ4n) is 5.30. The van der Waals surface area contributed by atoms with Crippen LogP contribution in [0, 0.1) is 5.82 Å². The highest BCUT2D eigenvalue weighted by atomic mass is 35.5. The standard InChI is InChI=1S/C30H26Cl2FN5O4/c1-36-26(38-10-9-25(39)35-30(38)41)12-34-29(36)17-5-6-18-13-37(15-20(18)11-17)14-19-7-8-24(27(32)28(19)40)42-16-21-22(31)3-2-4-23(21)33/h2-8,11-12,40H,9-10,13-16H2,1H3,(H,35,39,41). The van der Waals surface area contributed by atoms with E-state index in [1.807, 2.05) is 17.7 Å². The molecule has 0 bridgehead atoms. The molecule has 12 heteroatoms. The summed E-state index contributed by atoms with van der Waals surface area (Å²) in [6, 6.07) is 13.5. The van der Waals surface area contributed by atoms with E-state index in [0.29, 0.717) is 43.4 Å². The number of phenolic OH excluding ortho intramolecular Hbond substituents is 1. The number of hydrogen-bond acceptors (Lipinski definition) is 6. The molecule has 3 aromatic carbocycles. The van der Waals surface area contributed by atoms with Crippen molar-refractivity contribution in [3.63, 3.8) is 0 Å². The highest BCUT2D eigenvalue weighted by Gasteiger charge is 2.28. The maximum atomic E-state index is 14.1. The lowest BCUT2D eigenvalue weighted by Crippen LogP contribution is -2.50. The number of anilines is 1. The molecule has 1 saturated heterocycles. The van der Waals surface area contributed by atoms with Gasteiger partial charge in [-0.15, -0.1) is 0 Å². The van der Waals surface area contributed by atoms with Crippen molar-refractivity contribution >= 4 is 41.0 Å². The van der Waals surface area contributed by atoms with Gasteiger partial charge in [0.15, 0.2) is 0 Å². The molecule has 2 N–H and O–H groups in total. The van der Waals surface area contributed by atoms with Crippen LogP contribution >= 0.6 is 23.2 Å². The molecule has 216 valence electrons. The molecule has 2 aliphatic rings. The summed E-state index contributed by atoms with van der Waals surface area (Å²) >= 11 is 12.5. The van der Waals surface area contributed by atoms with E-state index in [0.717, 1.165) is 16.7 Å². The first-order chi connectivity index (χ1) is 20.2. The number of ether oxygens (including phenoxy) is 1. The molecule has 3 amide bonds. The molecule has 3 heterocycles. The van der Waals surface area contributed by atoms with Gasteiger partial charge in [-0.05, 0) is 35.4 Å². The molecule has 1 fully saturated rings. The fraction of sp³-hybridized carbons (Fsp3) is 0.233. The van der Waals surface area contributed by atoms with Crippen LogP contribution in [0.4, 0.5) is 15.0 Å². The van der Waals surface area contributed by atoms with Crippen molar-refractivity contribution in [2.45, 2.75) is 32.7 Å². The van der Waals surface area contributed by atoms with Crippen molar-refractivity contribution < 1.29 is 23.8 Å². The number of phenols is 1. The van der Waals surface area contributed by atoms with Gasteiger partial charge in [-0.1, -0.05) is 47.5 Å². The summed E-state index contributed by atoms with van der Waals surface area (Å²) in [4.78, 5) is 32.1. The smallest absolute Gasteiger partial charge is 0.329 e. The molecule has 0 spiro atoms. The predicted molar refractivity (Wildman–Crippen MR) is 156 cm³/mol. The van der Waals surface area contributed by atoms with Crippen molar-refractivity contribution in [1.82, 2.24) is 19.8 Å². The zero-order valence-electron chi connectivity index (χ0n) is 22.5. The number of nitrogens with one attached hydrogen (secondary N) is 1. The Bertz CT molecular complexity index is 1710. The lowest BCUT2D eigenvalue weighted by Gasteiger charge is -2.26. The molecule has 1 aromatic heterocycles. The Kier molecular flexibility index (Phi) is 7.53. The highest BCUT2D eigenvalue weighted by molar-refractivity contribution is 6.33. The number of fused-ring (bicyclic) bond motifs is 1. The third-order valence-electron chi connectivity index (χ3n) is 7.54. The SMILES string of the molecule is Cn1c(N2CCC(=O)NC2=O)cnc1-c1ccc2c(c1)CN(Cc1ccc(OCc3c(F)cccc3Cl)c(Cl)c1O)C2.